The van der Waals surface area contributed by atoms with Crippen molar-refractivity contribution in [2.45, 2.75) is 24.6 Å². The van der Waals surface area contributed by atoms with Crippen molar-refractivity contribution < 1.29 is 32.2 Å². The van der Waals surface area contributed by atoms with Crippen LogP contribution in [0.15, 0.2) is 60.7 Å². The summed E-state index contributed by atoms with van der Waals surface area (Å²) in [5.74, 6) is -0.972. The number of nitrogens with one attached hydrogen (secondary N) is 1. The molecular formula is C27H23F3N2O4. The van der Waals surface area contributed by atoms with Crippen molar-refractivity contribution in [2.24, 2.45) is 0 Å². The van der Waals surface area contributed by atoms with Gasteiger partial charge >= 0.3 is 6.18 Å². The molecule has 0 bridgehead atoms. The third-order valence-electron chi connectivity index (χ3n) is 6.77. The minimum atomic E-state index is -4.55. The van der Waals surface area contributed by atoms with E-state index in [9.17, 15) is 22.8 Å². The Kier molecular flexibility index (Phi) is 5.86. The van der Waals surface area contributed by atoms with Crippen LogP contribution >= 0.6 is 0 Å². The van der Waals surface area contributed by atoms with Crippen LogP contribution in [0.4, 0.5) is 18.9 Å². The number of ether oxygens (including phenoxy) is 2. The summed E-state index contributed by atoms with van der Waals surface area (Å²) >= 11 is 0. The number of rotatable bonds is 4. The zero-order chi connectivity index (χ0) is 25.6. The average Bonchev–Trinajstić information content (AvgIpc) is 2.87. The van der Waals surface area contributed by atoms with Crippen molar-refractivity contribution in [3.05, 3.63) is 88.5 Å². The zero-order valence-corrected chi connectivity index (χ0v) is 19.6. The van der Waals surface area contributed by atoms with Gasteiger partial charge in [0.15, 0.2) is 11.5 Å². The van der Waals surface area contributed by atoms with Gasteiger partial charge in [-0.05, 0) is 53.4 Å². The zero-order valence-electron chi connectivity index (χ0n) is 19.6. The lowest BCUT2D eigenvalue weighted by Crippen LogP contribution is -2.49. The molecule has 0 saturated heterocycles. The van der Waals surface area contributed by atoms with Gasteiger partial charge in [-0.25, -0.2) is 0 Å². The van der Waals surface area contributed by atoms with Gasteiger partial charge in [-0.1, -0.05) is 30.3 Å². The van der Waals surface area contributed by atoms with Crippen LogP contribution in [0.1, 0.15) is 44.6 Å². The second-order valence-corrected chi connectivity index (χ2v) is 8.73. The van der Waals surface area contributed by atoms with Crippen LogP contribution in [0.2, 0.25) is 0 Å². The van der Waals surface area contributed by atoms with E-state index in [1.165, 1.54) is 26.4 Å². The number of halogens is 3. The van der Waals surface area contributed by atoms with E-state index >= 15 is 0 Å². The lowest BCUT2D eigenvalue weighted by atomic mass is 9.75. The normalized spacial score (nSPS) is 18.6. The Labute approximate surface area is 205 Å². The molecule has 0 spiro atoms. The highest BCUT2D eigenvalue weighted by Gasteiger charge is 2.47. The van der Waals surface area contributed by atoms with Gasteiger partial charge in [0.1, 0.15) is 0 Å². The largest absolute Gasteiger partial charge is 0.493 e. The first kappa shape index (κ1) is 23.7. The number of methoxy groups -OCH3 is 2. The summed E-state index contributed by atoms with van der Waals surface area (Å²) in [6.45, 7) is 0.404. The SMILES string of the molecule is COc1cc2c(cc1OC)[C@H](C(=O)Nc1cccc(C(F)(F)F)c1)[C@@H]1c3ccccc3CCN1C2=O. The fraction of sp³-hybridized carbons (Fsp3) is 0.259. The van der Waals surface area contributed by atoms with Crippen molar-refractivity contribution in [3.8, 4) is 11.5 Å². The van der Waals surface area contributed by atoms with Gasteiger partial charge in [0.05, 0.1) is 31.7 Å². The molecule has 2 atom stereocenters. The lowest BCUT2D eigenvalue weighted by Gasteiger charge is -2.45. The molecular weight excluding hydrogens is 473 g/mol. The van der Waals surface area contributed by atoms with Crippen molar-refractivity contribution in [3.63, 3.8) is 0 Å². The molecule has 36 heavy (non-hydrogen) atoms. The van der Waals surface area contributed by atoms with Crippen molar-refractivity contribution in [2.75, 3.05) is 26.1 Å². The van der Waals surface area contributed by atoms with Gasteiger partial charge in [-0.2, -0.15) is 13.2 Å². The van der Waals surface area contributed by atoms with E-state index in [1.807, 2.05) is 24.3 Å². The van der Waals surface area contributed by atoms with Crippen LogP contribution in [0.25, 0.3) is 0 Å². The van der Waals surface area contributed by atoms with Crippen LogP contribution in [-0.2, 0) is 17.4 Å². The van der Waals surface area contributed by atoms with Gasteiger partial charge in [0.2, 0.25) is 5.91 Å². The predicted octanol–water partition coefficient (Wildman–Crippen LogP) is 5.20. The number of carbonyl (C=O) groups excluding carboxylic acids is 2. The number of benzene rings is 3. The highest BCUT2D eigenvalue weighted by Crippen LogP contribution is 2.48. The number of amides is 2. The van der Waals surface area contributed by atoms with Gasteiger partial charge in [0, 0.05) is 17.8 Å². The molecule has 0 aromatic heterocycles. The Hall–Kier alpha value is -4.01. The van der Waals surface area contributed by atoms with Gasteiger partial charge in [-0.3, -0.25) is 9.59 Å². The van der Waals surface area contributed by atoms with Crippen LogP contribution < -0.4 is 14.8 Å². The summed E-state index contributed by atoms with van der Waals surface area (Å²) in [6.07, 6.45) is -3.92. The number of hydrogen-bond acceptors (Lipinski definition) is 4. The molecule has 1 N–H and O–H groups in total. The molecule has 5 rings (SSSR count). The summed E-state index contributed by atoms with van der Waals surface area (Å²) in [5, 5.41) is 2.66. The highest BCUT2D eigenvalue weighted by molar-refractivity contribution is 6.05. The quantitative estimate of drug-likeness (QED) is 0.539. The van der Waals surface area contributed by atoms with Gasteiger partial charge in [-0.15, -0.1) is 0 Å². The standard InChI is InChI=1S/C27H23F3N2O4/c1-35-21-13-19-20(14-22(21)36-2)26(34)32-11-10-15-6-3-4-9-18(15)24(32)23(19)25(33)31-17-8-5-7-16(12-17)27(28,29)30/h3-9,12-14,23-24H,10-11H2,1-2H3,(H,31,33)/t23-,24-/m0/s1. The first-order valence-corrected chi connectivity index (χ1v) is 11.4. The number of alkyl halides is 3. The second-order valence-electron chi connectivity index (χ2n) is 8.73. The molecule has 0 saturated carbocycles. The van der Waals surface area contributed by atoms with Gasteiger partial charge < -0.3 is 19.7 Å². The maximum absolute atomic E-state index is 13.8. The minimum Gasteiger partial charge on any atom is -0.493 e. The third kappa shape index (κ3) is 3.94. The van der Waals surface area contributed by atoms with Crippen LogP contribution in [0.3, 0.4) is 0 Å². The molecule has 6 nitrogen and oxygen atoms in total. The molecule has 0 aliphatic carbocycles. The molecule has 0 radical (unpaired) electrons. The molecule has 2 amide bonds. The smallest absolute Gasteiger partial charge is 0.416 e. The maximum Gasteiger partial charge on any atom is 0.416 e. The first-order valence-electron chi connectivity index (χ1n) is 11.4. The van der Waals surface area contributed by atoms with Crippen molar-refractivity contribution in [1.29, 1.82) is 0 Å². The molecule has 2 aliphatic rings. The lowest BCUT2D eigenvalue weighted by molar-refractivity contribution is -0.137. The Morgan fingerprint density at radius 2 is 1.69 bits per heavy atom. The van der Waals surface area contributed by atoms with E-state index < -0.39 is 29.6 Å². The minimum absolute atomic E-state index is 0.0180. The third-order valence-corrected chi connectivity index (χ3v) is 6.77. The number of hydrogen-bond donors (Lipinski definition) is 1. The van der Waals surface area contributed by atoms with Crippen molar-refractivity contribution >= 4 is 17.5 Å². The van der Waals surface area contributed by atoms with E-state index in [0.717, 1.165) is 23.3 Å². The number of nitrogens with zero attached hydrogens (tertiary/aromatic N) is 1. The molecule has 0 fully saturated rings. The maximum atomic E-state index is 13.8. The molecule has 3 aromatic carbocycles. The molecule has 3 aromatic rings. The summed E-state index contributed by atoms with van der Waals surface area (Å²) in [7, 11) is 2.91. The highest BCUT2D eigenvalue weighted by atomic mass is 19.4. The van der Waals surface area contributed by atoms with Crippen LogP contribution in [-0.4, -0.2) is 37.5 Å². The summed E-state index contributed by atoms with van der Waals surface area (Å²) in [5.41, 5.74) is 1.74. The monoisotopic (exact) mass is 496 g/mol. The molecule has 9 heteroatoms. The molecule has 2 aliphatic heterocycles. The summed E-state index contributed by atoms with van der Waals surface area (Å²) in [6, 6.07) is 14.6. The summed E-state index contributed by atoms with van der Waals surface area (Å²) in [4.78, 5) is 29.1. The van der Waals surface area contributed by atoms with Crippen molar-refractivity contribution in [1.82, 2.24) is 4.90 Å². The fourth-order valence-corrected chi connectivity index (χ4v) is 5.13. The Morgan fingerprint density at radius 3 is 2.42 bits per heavy atom. The topological polar surface area (TPSA) is 67.9 Å². The first-order chi connectivity index (χ1) is 17.2. The number of carbonyl (C=O) groups is 2. The van der Waals surface area contributed by atoms with Crippen LogP contribution in [0, 0.1) is 0 Å². The molecule has 186 valence electrons. The van der Waals surface area contributed by atoms with E-state index in [-0.39, 0.29) is 11.6 Å². The van der Waals surface area contributed by atoms with E-state index in [2.05, 4.69) is 5.32 Å². The number of fused-ring (bicyclic) bond motifs is 4. The van der Waals surface area contributed by atoms with Gasteiger partial charge in [0.25, 0.3) is 5.91 Å². The summed E-state index contributed by atoms with van der Waals surface area (Å²) < 4.78 is 50.6. The van der Waals surface area contributed by atoms with E-state index in [4.69, 9.17) is 9.47 Å². The van der Waals surface area contributed by atoms with Crippen LogP contribution in [0.5, 0.6) is 11.5 Å². The Bertz CT molecular complexity index is 1360. The molecule has 0 unspecified atom stereocenters. The van der Waals surface area contributed by atoms with E-state index in [1.54, 1.807) is 17.0 Å². The average molecular weight is 496 g/mol. The van der Waals surface area contributed by atoms with E-state index in [0.29, 0.717) is 35.6 Å². The molecule has 2 heterocycles. The predicted molar refractivity (Wildman–Crippen MR) is 126 cm³/mol. The Morgan fingerprint density at radius 1 is 0.972 bits per heavy atom. The second kappa shape index (κ2) is 8.89. The Balaban J connectivity index is 1.65. The fourth-order valence-electron chi connectivity index (χ4n) is 5.13. The number of anilines is 1.